The third kappa shape index (κ3) is 2.47. The summed E-state index contributed by atoms with van der Waals surface area (Å²) >= 11 is 1.59. The molecule has 0 bridgehead atoms. The first kappa shape index (κ1) is 10.4. The number of esters is 1. The molecule has 0 atom stereocenters. The van der Waals surface area contributed by atoms with Gasteiger partial charge in [0.1, 0.15) is 0 Å². The van der Waals surface area contributed by atoms with Gasteiger partial charge < -0.3 is 9.64 Å². The number of hydrogen-bond acceptors (Lipinski definition) is 5. The van der Waals surface area contributed by atoms with Gasteiger partial charge >= 0.3 is 5.97 Å². The van der Waals surface area contributed by atoms with Crippen molar-refractivity contribution in [2.24, 2.45) is 0 Å². The monoisotopic (exact) mass is 226 g/mol. The number of carbonyl (C=O) groups excluding carboxylic acids is 1. The van der Waals surface area contributed by atoms with Gasteiger partial charge in [-0.15, -0.1) is 11.3 Å². The normalized spacial score (nSPS) is 15.1. The minimum absolute atomic E-state index is 0.235. The summed E-state index contributed by atoms with van der Waals surface area (Å²) in [5.74, 6) is -0.235. The van der Waals surface area contributed by atoms with E-state index in [2.05, 4.69) is 21.7 Å². The van der Waals surface area contributed by atoms with E-state index in [1.54, 1.807) is 11.3 Å². The van der Waals surface area contributed by atoms with Crippen LogP contribution >= 0.6 is 11.3 Å². The fourth-order valence-electron chi connectivity index (χ4n) is 1.38. The molecule has 1 aliphatic carbocycles. The van der Waals surface area contributed by atoms with Gasteiger partial charge in [-0.05, 0) is 12.8 Å². The predicted molar refractivity (Wildman–Crippen MR) is 59.3 cm³/mol. The molecule has 82 valence electrons. The Labute approximate surface area is 92.9 Å². The summed E-state index contributed by atoms with van der Waals surface area (Å²) in [5, 5.41) is 2.92. The van der Waals surface area contributed by atoms with Crippen molar-refractivity contribution in [3.05, 3.63) is 11.1 Å². The summed E-state index contributed by atoms with van der Waals surface area (Å²) in [5.41, 5.74) is 0.800. The van der Waals surface area contributed by atoms with Gasteiger partial charge in [0.25, 0.3) is 0 Å². The highest BCUT2D eigenvalue weighted by molar-refractivity contribution is 7.13. The third-order valence-corrected chi connectivity index (χ3v) is 3.47. The Morgan fingerprint density at radius 1 is 1.73 bits per heavy atom. The fourth-order valence-corrected chi connectivity index (χ4v) is 2.24. The molecular formula is C10H14N2O2S. The quantitative estimate of drug-likeness (QED) is 0.729. The van der Waals surface area contributed by atoms with E-state index in [-0.39, 0.29) is 12.4 Å². The SMILES string of the molecule is COC(=O)Cc1csc(N(C)C2CC2)n1. The van der Waals surface area contributed by atoms with E-state index < -0.39 is 0 Å². The second-order valence-corrected chi connectivity index (χ2v) is 4.55. The maximum atomic E-state index is 11.0. The van der Waals surface area contributed by atoms with E-state index >= 15 is 0 Å². The molecule has 0 saturated heterocycles. The van der Waals surface area contributed by atoms with Crippen LogP contribution in [-0.2, 0) is 16.0 Å². The molecule has 0 N–H and O–H groups in total. The summed E-state index contributed by atoms with van der Waals surface area (Å²) < 4.78 is 4.60. The molecule has 1 aromatic heterocycles. The zero-order valence-corrected chi connectivity index (χ0v) is 9.71. The molecule has 1 saturated carbocycles. The largest absolute Gasteiger partial charge is 0.469 e. The minimum Gasteiger partial charge on any atom is -0.469 e. The van der Waals surface area contributed by atoms with Crippen molar-refractivity contribution in [1.82, 2.24) is 4.98 Å². The molecule has 1 heterocycles. The van der Waals surface area contributed by atoms with Gasteiger partial charge in [0, 0.05) is 18.5 Å². The highest BCUT2D eigenvalue weighted by Gasteiger charge is 2.28. The molecule has 1 aromatic rings. The summed E-state index contributed by atoms with van der Waals surface area (Å²) in [4.78, 5) is 17.6. The van der Waals surface area contributed by atoms with Crippen molar-refractivity contribution >= 4 is 22.4 Å². The number of rotatable bonds is 4. The van der Waals surface area contributed by atoms with Gasteiger partial charge in [-0.3, -0.25) is 4.79 Å². The van der Waals surface area contributed by atoms with Gasteiger partial charge in [-0.1, -0.05) is 0 Å². The van der Waals surface area contributed by atoms with Gasteiger partial charge in [0.15, 0.2) is 5.13 Å². The molecule has 5 heteroatoms. The first-order chi connectivity index (χ1) is 7.20. The molecule has 0 aliphatic heterocycles. The summed E-state index contributed by atoms with van der Waals surface area (Å²) in [7, 11) is 3.45. The van der Waals surface area contributed by atoms with Crippen molar-refractivity contribution < 1.29 is 9.53 Å². The lowest BCUT2D eigenvalue weighted by atomic mass is 10.3. The van der Waals surface area contributed by atoms with Crippen LogP contribution in [0.4, 0.5) is 5.13 Å². The highest BCUT2D eigenvalue weighted by Crippen LogP contribution is 2.31. The van der Waals surface area contributed by atoms with Gasteiger partial charge in [-0.25, -0.2) is 4.98 Å². The highest BCUT2D eigenvalue weighted by atomic mass is 32.1. The van der Waals surface area contributed by atoms with Crippen LogP contribution in [0.25, 0.3) is 0 Å². The van der Waals surface area contributed by atoms with Crippen LogP contribution in [0.3, 0.4) is 0 Å². The van der Waals surface area contributed by atoms with Crippen LogP contribution in [0.15, 0.2) is 5.38 Å². The number of nitrogens with zero attached hydrogens (tertiary/aromatic N) is 2. The van der Waals surface area contributed by atoms with E-state index in [4.69, 9.17) is 0 Å². The van der Waals surface area contributed by atoms with Gasteiger partial charge in [0.05, 0.1) is 19.2 Å². The van der Waals surface area contributed by atoms with E-state index in [0.29, 0.717) is 6.04 Å². The Balaban J connectivity index is 1.99. The van der Waals surface area contributed by atoms with Crippen molar-refractivity contribution in [3.8, 4) is 0 Å². The zero-order chi connectivity index (χ0) is 10.8. The maximum absolute atomic E-state index is 11.0. The summed E-state index contributed by atoms with van der Waals surface area (Å²) in [6.07, 6.45) is 2.77. The second kappa shape index (κ2) is 4.18. The summed E-state index contributed by atoms with van der Waals surface area (Å²) in [6, 6.07) is 0.655. The number of ether oxygens (including phenoxy) is 1. The topological polar surface area (TPSA) is 42.4 Å². The molecule has 4 nitrogen and oxygen atoms in total. The van der Waals surface area contributed by atoms with Gasteiger partial charge in [0.2, 0.25) is 0 Å². The lowest BCUT2D eigenvalue weighted by molar-refractivity contribution is -0.139. The fraction of sp³-hybridized carbons (Fsp3) is 0.600. The average molecular weight is 226 g/mol. The van der Waals surface area contributed by atoms with E-state index in [1.165, 1.54) is 20.0 Å². The number of anilines is 1. The first-order valence-electron chi connectivity index (χ1n) is 4.94. The van der Waals surface area contributed by atoms with E-state index in [0.717, 1.165) is 10.8 Å². The smallest absolute Gasteiger partial charge is 0.311 e. The van der Waals surface area contributed by atoms with Crippen molar-refractivity contribution in [3.63, 3.8) is 0 Å². The van der Waals surface area contributed by atoms with E-state index in [9.17, 15) is 4.79 Å². The number of aromatic nitrogens is 1. The van der Waals surface area contributed by atoms with Gasteiger partial charge in [-0.2, -0.15) is 0 Å². The minimum atomic E-state index is -0.235. The number of carbonyl (C=O) groups is 1. The standard InChI is InChI=1S/C10H14N2O2S/c1-12(8-3-4-8)10-11-7(6-15-10)5-9(13)14-2/h6,8H,3-5H2,1-2H3. The van der Waals surface area contributed by atoms with Crippen molar-refractivity contribution in [1.29, 1.82) is 0 Å². The maximum Gasteiger partial charge on any atom is 0.311 e. The zero-order valence-electron chi connectivity index (χ0n) is 8.90. The number of hydrogen-bond donors (Lipinski definition) is 0. The molecular weight excluding hydrogens is 212 g/mol. The Bertz CT molecular complexity index is 360. The Morgan fingerprint density at radius 2 is 2.47 bits per heavy atom. The third-order valence-electron chi connectivity index (χ3n) is 2.49. The Kier molecular flexibility index (Phi) is 2.90. The molecule has 1 aliphatic rings. The lowest BCUT2D eigenvalue weighted by Gasteiger charge is -2.13. The molecule has 0 radical (unpaired) electrons. The lowest BCUT2D eigenvalue weighted by Crippen LogP contribution is -2.19. The molecule has 1 fully saturated rings. The van der Waals surface area contributed by atoms with Crippen LogP contribution in [0.2, 0.25) is 0 Å². The Hall–Kier alpha value is -1.10. The summed E-state index contributed by atoms with van der Waals surface area (Å²) in [6.45, 7) is 0. The van der Waals surface area contributed by atoms with E-state index in [1.807, 2.05) is 5.38 Å². The molecule has 0 amide bonds. The molecule has 15 heavy (non-hydrogen) atoms. The molecule has 0 unspecified atom stereocenters. The second-order valence-electron chi connectivity index (χ2n) is 3.72. The number of thiazole rings is 1. The van der Waals surface area contributed by atoms with Crippen LogP contribution in [0.5, 0.6) is 0 Å². The van der Waals surface area contributed by atoms with Crippen molar-refractivity contribution in [2.75, 3.05) is 19.1 Å². The molecule has 2 rings (SSSR count). The predicted octanol–water partition coefficient (Wildman–Crippen LogP) is 1.46. The van der Waals surface area contributed by atoms with Crippen LogP contribution in [0.1, 0.15) is 18.5 Å². The van der Waals surface area contributed by atoms with Crippen LogP contribution < -0.4 is 4.90 Å². The Morgan fingerprint density at radius 3 is 3.07 bits per heavy atom. The van der Waals surface area contributed by atoms with Crippen LogP contribution in [-0.4, -0.2) is 31.2 Å². The average Bonchev–Trinajstić information content (AvgIpc) is 2.98. The molecule has 0 spiro atoms. The van der Waals surface area contributed by atoms with Crippen molar-refractivity contribution in [2.45, 2.75) is 25.3 Å². The number of methoxy groups -OCH3 is 1. The first-order valence-corrected chi connectivity index (χ1v) is 5.82. The van der Waals surface area contributed by atoms with Crippen LogP contribution in [0, 0.1) is 0 Å². The molecule has 0 aromatic carbocycles.